The average molecular weight is 382 g/mol. The fourth-order valence-corrected chi connectivity index (χ4v) is 3.11. The maximum Gasteiger partial charge on any atom is 0.194 e. The highest BCUT2D eigenvalue weighted by molar-refractivity contribution is 9.10. The van der Waals surface area contributed by atoms with Crippen molar-refractivity contribution in [3.63, 3.8) is 0 Å². The highest BCUT2D eigenvalue weighted by atomic mass is 79.9. The van der Waals surface area contributed by atoms with Gasteiger partial charge >= 0.3 is 0 Å². The van der Waals surface area contributed by atoms with Crippen LogP contribution in [0.15, 0.2) is 39.3 Å². The number of hydrogen-bond donors (Lipinski definition) is 0. The van der Waals surface area contributed by atoms with Gasteiger partial charge in [-0.1, -0.05) is 37.9 Å². The SMILES string of the molecule is Cc1ccc(C(=O)c2cc(C)c(Br)cc2C)c(Br)c1. The largest absolute Gasteiger partial charge is 0.289 e. The predicted octanol–water partition coefficient (Wildman–Crippen LogP) is 5.37. The number of rotatable bonds is 2. The maximum atomic E-state index is 12.6. The molecule has 0 spiro atoms. The number of hydrogen-bond acceptors (Lipinski definition) is 1. The minimum Gasteiger partial charge on any atom is -0.289 e. The molecule has 0 radical (unpaired) electrons. The van der Waals surface area contributed by atoms with Crippen molar-refractivity contribution in [2.24, 2.45) is 0 Å². The van der Waals surface area contributed by atoms with E-state index in [1.807, 2.05) is 51.1 Å². The molecule has 2 aromatic carbocycles. The summed E-state index contributed by atoms with van der Waals surface area (Å²) in [7, 11) is 0. The monoisotopic (exact) mass is 380 g/mol. The minimum absolute atomic E-state index is 0.0555. The number of carbonyl (C=O) groups excluding carboxylic acids is 1. The molecule has 3 heteroatoms. The van der Waals surface area contributed by atoms with Crippen LogP contribution in [0.2, 0.25) is 0 Å². The molecule has 0 saturated heterocycles. The molecule has 2 aromatic rings. The normalized spacial score (nSPS) is 10.6. The summed E-state index contributed by atoms with van der Waals surface area (Å²) in [5, 5.41) is 0. The smallest absolute Gasteiger partial charge is 0.194 e. The number of aryl methyl sites for hydroxylation is 3. The molecule has 19 heavy (non-hydrogen) atoms. The van der Waals surface area contributed by atoms with Crippen molar-refractivity contribution in [3.05, 3.63) is 67.1 Å². The molecule has 0 saturated carbocycles. The summed E-state index contributed by atoms with van der Waals surface area (Å²) < 4.78 is 1.88. The van der Waals surface area contributed by atoms with Gasteiger partial charge in [0.05, 0.1) is 0 Å². The van der Waals surface area contributed by atoms with Gasteiger partial charge in [-0.2, -0.15) is 0 Å². The molecule has 0 atom stereocenters. The second-order valence-corrected chi connectivity index (χ2v) is 6.44. The number of ketones is 1. The minimum atomic E-state index is 0.0555. The van der Waals surface area contributed by atoms with E-state index in [9.17, 15) is 4.79 Å². The Labute approximate surface area is 130 Å². The summed E-state index contributed by atoms with van der Waals surface area (Å²) in [6.45, 7) is 5.96. The fraction of sp³-hybridized carbons (Fsp3) is 0.188. The Kier molecular flexibility index (Phi) is 4.26. The zero-order chi connectivity index (χ0) is 14.2. The summed E-state index contributed by atoms with van der Waals surface area (Å²) >= 11 is 6.96. The Hall–Kier alpha value is -0.930. The van der Waals surface area contributed by atoms with Crippen LogP contribution in [0.4, 0.5) is 0 Å². The van der Waals surface area contributed by atoms with Gasteiger partial charge in [0.2, 0.25) is 0 Å². The highest BCUT2D eigenvalue weighted by Crippen LogP contribution is 2.26. The second-order valence-electron chi connectivity index (χ2n) is 4.73. The van der Waals surface area contributed by atoms with Crippen LogP contribution in [0.3, 0.4) is 0 Å². The topological polar surface area (TPSA) is 17.1 Å². The van der Waals surface area contributed by atoms with Gasteiger partial charge in [0.15, 0.2) is 5.78 Å². The van der Waals surface area contributed by atoms with Gasteiger partial charge in [0, 0.05) is 20.1 Å². The van der Waals surface area contributed by atoms with Crippen LogP contribution in [0.5, 0.6) is 0 Å². The van der Waals surface area contributed by atoms with Gasteiger partial charge in [-0.25, -0.2) is 0 Å². The lowest BCUT2D eigenvalue weighted by molar-refractivity contribution is 0.103. The summed E-state index contributed by atoms with van der Waals surface area (Å²) in [4.78, 5) is 12.6. The first-order valence-corrected chi connectivity index (χ1v) is 7.56. The first-order valence-electron chi connectivity index (χ1n) is 5.97. The third-order valence-electron chi connectivity index (χ3n) is 3.12. The lowest BCUT2D eigenvalue weighted by atomic mass is 9.97. The lowest BCUT2D eigenvalue weighted by Crippen LogP contribution is -2.05. The van der Waals surface area contributed by atoms with Crippen LogP contribution in [0.25, 0.3) is 0 Å². The van der Waals surface area contributed by atoms with Crippen molar-refractivity contribution >= 4 is 37.6 Å². The van der Waals surface area contributed by atoms with Crippen molar-refractivity contribution < 1.29 is 4.79 Å². The van der Waals surface area contributed by atoms with Crippen molar-refractivity contribution in [2.45, 2.75) is 20.8 Å². The van der Waals surface area contributed by atoms with E-state index in [2.05, 4.69) is 31.9 Å². The fourth-order valence-electron chi connectivity index (χ4n) is 1.97. The zero-order valence-corrected chi connectivity index (χ0v) is 14.2. The van der Waals surface area contributed by atoms with Crippen molar-refractivity contribution in [2.75, 3.05) is 0 Å². The predicted molar refractivity (Wildman–Crippen MR) is 85.9 cm³/mol. The highest BCUT2D eigenvalue weighted by Gasteiger charge is 2.15. The number of benzene rings is 2. The molecule has 1 nitrogen and oxygen atoms in total. The van der Waals surface area contributed by atoms with E-state index >= 15 is 0 Å². The van der Waals surface area contributed by atoms with Gasteiger partial charge in [-0.3, -0.25) is 4.79 Å². The van der Waals surface area contributed by atoms with E-state index in [1.54, 1.807) is 0 Å². The molecule has 98 valence electrons. The Morgan fingerprint density at radius 1 is 0.842 bits per heavy atom. The van der Waals surface area contributed by atoms with Crippen LogP contribution < -0.4 is 0 Å². The summed E-state index contributed by atoms with van der Waals surface area (Å²) in [5.74, 6) is 0.0555. The molecule has 0 aliphatic carbocycles. The molecule has 0 bridgehead atoms. The summed E-state index contributed by atoms with van der Waals surface area (Å²) in [6, 6.07) is 9.73. The van der Waals surface area contributed by atoms with Crippen LogP contribution in [-0.2, 0) is 0 Å². The van der Waals surface area contributed by atoms with Crippen molar-refractivity contribution in [1.82, 2.24) is 0 Å². The summed E-state index contributed by atoms with van der Waals surface area (Å²) in [5.41, 5.74) is 4.64. The third kappa shape index (κ3) is 2.98. The van der Waals surface area contributed by atoms with Gasteiger partial charge in [-0.15, -0.1) is 0 Å². The zero-order valence-electron chi connectivity index (χ0n) is 11.1. The van der Waals surface area contributed by atoms with Crippen molar-refractivity contribution in [3.8, 4) is 0 Å². The molecule has 0 N–H and O–H groups in total. The molecule has 0 aliphatic rings. The molecule has 0 unspecified atom stereocenters. The average Bonchev–Trinajstić information content (AvgIpc) is 2.33. The Morgan fingerprint density at radius 3 is 2.16 bits per heavy atom. The number of halogens is 2. The first kappa shape index (κ1) is 14.5. The van der Waals surface area contributed by atoms with E-state index in [0.29, 0.717) is 5.56 Å². The Bertz CT molecular complexity index is 660. The van der Waals surface area contributed by atoms with Gasteiger partial charge in [0.1, 0.15) is 0 Å². The van der Waals surface area contributed by atoms with Crippen LogP contribution in [0.1, 0.15) is 32.6 Å². The van der Waals surface area contributed by atoms with Gasteiger partial charge < -0.3 is 0 Å². The second kappa shape index (κ2) is 5.59. The van der Waals surface area contributed by atoms with Gasteiger partial charge in [0.25, 0.3) is 0 Å². The van der Waals surface area contributed by atoms with E-state index in [1.165, 1.54) is 0 Å². The summed E-state index contributed by atoms with van der Waals surface area (Å²) in [6.07, 6.45) is 0. The Balaban J connectivity index is 2.53. The first-order chi connectivity index (χ1) is 8.90. The van der Waals surface area contributed by atoms with E-state index in [0.717, 1.165) is 31.2 Å². The van der Waals surface area contributed by atoms with E-state index in [-0.39, 0.29) is 5.78 Å². The molecule has 0 aromatic heterocycles. The van der Waals surface area contributed by atoms with Crippen LogP contribution in [0, 0.1) is 20.8 Å². The standard InChI is InChI=1S/C16H14Br2O/c1-9-4-5-12(15(18)6-9)16(19)13-7-11(3)14(17)8-10(13)2/h4-8H,1-3H3. The maximum absolute atomic E-state index is 12.6. The third-order valence-corrected chi connectivity index (χ3v) is 4.63. The van der Waals surface area contributed by atoms with Crippen LogP contribution >= 0.6 is 31.9 Å². The Morgan fingerprint density at radius 2 is 1.53 bits per heavy atom. The molecule has 2 rings (SSSR count). The lowest BCUT2D eigenvalue weighted by Gasteiger charge is -2.10. The molecule has 0 amide bonds. The molecular formula is C16H14Br2O. The van der Waals surface area contributed by atoms with Crippen LogP contribution in [-0.4, -0.2) is 5.78 Å². The van der Waals surface area contributed by atoms with E-state index in [4.69, 9.17) is 0 Å². The van der Waals surface area contributed by atoms with E-state index < -0.39 is 0 Å². The molecule has 0 aliphatic heterocycles. The van der Waals surface area contributed by atoms with Gasteiger partial charge in [-0.05, 0) is 61.7 Å². The van der Waals surface area contributed by atoms with Crippen molar-refractivity contribution in [1.29, 1.82) is 0 Å². The molecular weight excluding hydrogens is 368 g/mol. The molecule has 0 fully saturated rings. The molecule has 0 heterocycles. The quantitative estimate of drug-likeness (QED) is 0.639. The number of carbonyl (C=O) groups is 1.